The molecule has 4 aliphatic carbocycles. The number of benzene rings is 2. The van der Waals surface area contributed by atoms with E-state index in [0.29, 0.717) is 36.8 Å². The maximum Gasteiger partial charge on any atom is 0.171 e. The maximum atomic E-state index is 12.5. The third-order valence-electron chi connectivity index (χ3n) is 8.99. The fourth-order valence-electron chi connectivity index (χ4n) is 6.47. The number of carbonyl (C=O) groups excluding carboxylic acids is 4. The van der Waals surface area contributed by atoms with Gasteiger partial charge in [-0.2, -0.15) is 0 Å². The zero-order chi connectivity index (χ0) is 34.6. The van der Waals surface area contributed by atoms with Gasteiger partial charge in [-0.25, -0.2) is 0 Å². The molecule has 2 aromatic carbocycles. The van der Waals surface area contributed by atoms with Crippen molar-refractivity contribution in [1.29, 1.82) is 0 Å². The molecule has 4 aliphatic rings. The first kappa shape index (κ1) is 40.0. The molecule has 0 saturated carbocycles. The average Bonchev–Trinajstić information content (AvgIpc) is 2.96. The molecule has 4 N–H and O–H groups in total. The number of allylic oxidation sites excluding steroid dienone is 4. The fourth-order valence-corrected chi connectivity index (χ4v) is 6.47. The number of aliphatic hydroxyl groups excluding tert-OH is 2. The molecule has 0 unspecified atom stereocenters. The number of hydrogen-bond acceptors (Lipinski definition) is 8. The summed E-state index contributed by atoms with van der Waals surface area (Å²) in [6, 6.07) is 9.48. The summed E-state index contributed by atoms with van der Waals surface area (Å²) in [6.45, 7) is 15.0. The molecular weight excluding hydrogens is 632 g/mol. The number of carbonyl (C=O) groups is 4. The zero-order valence-electron chi connectivity index (χ0n) is 28.7. The second-order valence-corrected chi connectivity index (χ2v) is 13.4. The Bertz CT molecular complexity index is 1460. The number of fused-ring (bicyclic) bond motifs is 4. The molecule has 0 fully saturated rings. The van der Waals surface area contributed by atoms with Gasteiger partial charge in [-0.15, -0.1) is 0 Å². The average molecular weight is 681 g/mol. The van der Waals surface area contributed by atoms with E-state index in [2.05, 4.69) is 0 Å². The number of Topliss-reactive ketones (excluding diaryl/α,β-unsaturated/α-hetero) is 4. The van der Waals surface area contributed by atoms with Crippen molar-refractivity contribution >= 4 is 23.1 Å². The van der Waals surface area contributed by atoms with E-state index in [0.717, 1.165) is 0 Å². The van der Waals surface area contributed by atoms with Crippen LogP contribution in [0.5, 0.6) is 11.5 Å². The Labute approximate surface area is 292 Å². The molecule has 2 aromatic rings. The summed E-state index contributed by atoms with van der Waals surface area (Å²) in [5, 5.41) is 35.8. The molecule has 8 nitrogen and oxygen atoms in total. The Balaban J connectivity index is 0.000000262. The van der Waals surface area contributed by atoms with Crippen LogP contribution in [0.3, 0.4) is 0 Å². The molecular formula is C38H48O8Ti. The fraction of sp³-hybridized carbons (Fsp3) is 0.474. The zero-order valence-corrected chi connectivity index (χ0v) is 30.2. The van der Waals surface area contributed by atoms with Gasteiger partial charge in [0.05, 0.1) is 11.1 Å². The summed E-state index contributed by atoms with van der Waals surface area (Å²) >= 11 is 0. The van der Waals surface area contributed by atoms with Crippen molar-refractivity contribution in [3.63, 3.8) is 0 Å². The smallest absolute Gasteiger partial charge is 0.171 e. The standard InChI is InChI=1S/2C16H16O3.2C3H8O.Ti/c2*1-8-6-11-12(7-9(8)2)16(19)14-10(15(11)18)4-3-5-13(14)17;2*1-3(2)4;/h2*3-5,11-12,17H,6-7H2,1-2H3;2*3-4H,1-2H3;/t2*11-,12+;;;/m11.../s1. The van der Waals surface area contributed by atoms with Gasteiger partial charge in [-0.1, -0.05) is 46.6 Å². The summed E-state index contributed by atoms with van der Waals surface area (Å²) in [5.74, 6) is -1.37. The minimum Gasteiger partial charge on any atom is -0.507 e. The van der Waals surface area contributed by atoms with E-state index in [1.165, 1.54) is 34.4 Å². The number of rotatable bonds is 0. The molecule has 0 spiro atoms. The van der Waals surface area contributed by atoms with Gasteiger partial charge in [0.15, 0.2) is 23.1 Å². The predicted molar refractivity (Wildman–Crippen MR) is 177 cm³/mol. The van der Waals surface area contributed by atoms with Crippen LogP contribution in [0.2, 0.25) is 0 Å². The van der Waals surface area contributed by atoms with E-state index < -0.39 is 0 Å². The summed E-state index contributed by atoms with van der Waals surface area (Å²) in [6.07, 6.45) is 2.26. The minimum absolute atomic E-state index is 0. The summed E-state index contributed by atoms with van der Waals surface area (Å²) in [7, 11) is 0. The molecule has 6 rings (SSSR count). The van der Waals surface area contributed by atoms with Gasteiger partial charge in [-0.3, -0.25) is 19.2 Å². The first-order valence-electron chi connectivity index (χ1n) is 15.9. The Kier molecular flexibility index (Phi) is 14.3. The Hall–Kier alpha value is -3.17. The van der Waals surface area contributed by atoms with Crippen LogP contribution < -0.4 is 0 Å². The van der Waals surface area contributed by atoms with E-state index >= 15 is 0 Å². The quantitative estimate of drug-likeness (QED) is 0.171. The van der Waals surface area contributed by atoms with Crippen LogP contribution in [0, 0.1) is 23.7 Å². The Morgan fingerprint density at radius 3 is 1.00 bits per heavy atom. The first-order valence-corrected chi connectivity index (χ1v) is 15.9. The van der Waals surface area contributed by atoms with E-state index in [1.807, 2.05) is 27.7 Å². The minimum atomic E-state index is -0.294. The molecule has 0 amide bonds. The van der Waals surface area contributed by atoms with Gasteiger partial charge in [0.25, 0.3) is 0 Å². The third kappa shape index (κ3) is 9.05. The van der Waals surface area contributed by atoms with Crippen molar-refractivity contribution in [3.05, 3.63) is 80.9 Å². The van der Waals surface area contributed by atoms with Crippen LogP contribution in [0.1, 0.15) is 123 Å². The van der Waals surface area contributed by atoms with Crippen molar-refractivity contribution in [2.45, 2.75) is 93.3 Å². The molecule has 4 atom stereocenters. The third-order valence-corrected chi connectivity index (χ3v) is 8.99. The number of phenolic OH excluding ortho intramolecular Hbond substituents is 2. The second kappa shape index (κ2) is 16.8. The predicted octanol–water partition coefficient (Wildman–Crippen LogP) is 7.04. The molecule has 47 heavy (non-hydrogen) atoms. The number of aromatic hydroxyl groups is 2. The summed E-state index contributed by atoms with van der Waals surface area (Å²) in [5.41, 5.74) is 6.04. The summed E-state index contributed by atoms with van der Waals surface area (Å²) < 4.78 is 0. The molecule has 0 aliphatic heterocycles. The molecule has 9 heteroatoms. The van der Waals surface area contributed by atoms with Crippen LogP contribution in [-0.2, 0) is 21.7 Å². The van der Waals surface area contributed by atoms with E-state index in [9.17, 15) is 29.4 Å². The van der Waals surface area contributed by atoms with E-state index in [4.69, 9.17) is 10.2 Å². The van der Waals surface area contributed by atoms with Crippen molar-refractivity contribution in [2.24, 2.45) is 23.7 Å². The van der Waals surface area contributed by atoms with Gasteiger partial charge in [0.1, 0.15) is 11.5 Å². The first-order chi connectivity index (χ1) is 21.5. The van der Waals surface area contributed by atoms with Crippen LogP contribution in [0.4, 0.5) is 0 Å². The molecule has 0 heterocycles. The van der Waals surface area contributed by atoms with Crippen LogP contribution in [-0.4, -0.2) is 55.8 Å². The van der Waals surface area contributed by atoms with Crippen molar-refractivity contribution in [1.82, 2.24) is 0 Å². The van der Waals surface area contributed by atoms with Gasteiger partial charge >= 0.3 is 0 Å². The molecule has 0 radical (unpaired) electrons. The Morgan fingerprint density at radius 1 is 0.511 bits per heavy atom. The topological polar surface area (TPSA) is 149 Å². The van der Waals surface area contributed by atoms with E-state index in [-0.39, 0.29) is 103 Å². The van der Waals surface area contributed by atoms with Crippen LogP contribution in [0.15, 0.2) is 58.7 Å². The number of aliphatic hydroxyl groups is 2. The SMILES string of the molecule is CC(C)O.CC(C)O.CC1=C(C)C[C@H]2C(=O)c3cccc(O)c3C(=O)[C@H]2C1.CC1=C(C)C[C@H]2C(=O)c3cccc(O)c3C(=O)[C@H]2C1.[Ti]. The van der Waals surface area contributed by atoms with Crippen molar-refractivity contribution in [3.8, 4) is 11.5 Å². The normalized spacial score (nSPS) is 22.7. The second-order valence-electron chi connectivity index (χ2n) is 13.4. The number of hydrogen-bond donors (Lipinski definition) is 4. The Morgan fingerprint density at radius 2 is 0.745 bits per heavy atom. The van der Waals surface area contributed by atoms with Gasteiger partial charge in [0.2, 0.25) is 0 Å². The van der Waals surface area contributed by atoms with Gasteiger partial charge in [-0.05, 0) is 93.2 Å². The molecule has 252 valence electrons. The molecule has 0 aromatic heterocycles. The largest absolute Gasteiger partial charge is 0.507 e. The number of phenols is 2. The molecule has 0 saturated heterocycles. The monoisotopic (exact) mass is 680 g/mol. The van der Waals surface area contributed by atoms with Crippen LogP contribution >= 0.6 is 0 Å². The van der Waals surface area contributed by atoms with Crippen LogP contribution in [0.25, 0.3) is 0 Å². The van der Waals surface area contributed by atoms with Gasteiger partial charge in [0, 0.05) is 68.7 Å². The van der Waals surface area contributed by atoms with Crippen molar-refractivity contribution < 1.29 is 61.3 Å². The maximum absolute atomic E-state index is 12.5. The van der Waals surface area contributed by atoms with Gasteiger partial charge < -0.3 is 20.4 Å². The summed E-state index contributed by atoms with van der Waals surface area (Å²) in [4.78, 5) is 50.1. The number of ketones is 4. The molecule has 0 bridgehead atoms. The van der Waals surface area contributed by atoms with Crippen molar-refractivity contribution in [2.75, 3.05) is 0 Å². The van der Waals surface area contributed by atoms with E-state index in [1.54, 1.807) is 52.0 Å².